The average molecular weight is 301 g/mol. The number of nitrogens with zero attached hydrogens (tertiary/aromatic N) is 1. The molecule has 0 aliphatic carbocycles. The summed E-state index contributed by atoms with van der Waals surface area (Å²) in [4.78, 5) is 17.8. The summed E-state index contributed by atoms with van der Waals surface area (Å²) in [7, 11) is 0. The van der Waals surface area contributed by atoms with E-state index in [0.29, 0.717) is 23.5 Å². The number of fused-ring (bicyclic) bond motifs is 1. The number of furan rings is 1. The lowest BCUT2D eigenvalue weighted by Gasteiger charge is -2.03. The largest absolute Gasteiger partial charge is 0.469 e. The first-order valence-electron chi connectivity index (χ1n) is 6.61. The third kappa shape index (κ3) is 2.62. The highest BCUT2D eigenvalue weighted by Crippen LogP contribution is 2.34. The molecule has 3 aromatic heterocycles. The Balaban J connectivity index is 1.75. The van der Waals surface area contributed by atoms with Gasteiger partial charge in [0.1, 0.15) is 15.5 Å². The van der Waals surface area contributed by atoms with Crippen LogP contribution in [0.4, 0.5) is 5.69 Å². The number of carbonyl (C=O) groups excluding carboxylic acids is 1. The van der Waals surface area contributed by atoms with E-state index in [0.717, 1.165) is 21.5 Å². The minimum absolute atomic E-state index is 0.165. The molecule has 0 unspecified atom stereocenters. The van der Waals surface area contributed by atoms with Gasteiger partial charge in [0.15, 0.2) is 0 Å². The van der Waals surface area contributed by atoms with Crippen LogP contribution in [0.15, 0.2) is 35.1 Å². The van der Waals surface area contributed by atoms with Gasteiger partial charge in [-0.3, -0.25) is 4.79 Å². The maximum absolute atomic E-state index is 12.2. The first-order valence-corrected chi connectivity index (χ1v) is 7.42. The Labute approximate surface area is 125 Å². The molecule has 0 fully saturated rings. The number of amides is 1. The average Bonchev–Trinajstić information content (AvgIpc) is 3.08. The number of anilines is 1. The Hall–Kier alpha value is -2.34. The lowest BCUT2D eigenvalue weighted by Crippen LogP contribution is -2.25. The molecule has 5 nitrogen and oxygen atoms in total. The van der Waals surface area contributed by atoms with Gasteiger partial charge in [0.2, 0.25) is 0 Å². The highest BCUT2D eigenvalue weighted by molar-refractivity contribution is 7.21. The second-order valence-corrected chi connectivity index (χ2v) is 5.74. The van der Waals surface area contributed by atoms with Crippen molar-refractivity contribution in [1.29, 1.82) is 0 Å². The van der Waals surface area contributed by atoms with Gasteiger partial charge in [0.05, 0.1) is 12.0 Å². The van der Waals surface area contributed by atoms with Crippen molar-refractivity contribution in [2.75, 3.05) is 12.3 Å². The molecule has 0 radical (unpaired) electrons. The van der Waals surface area contributed by atoms with Crippen LogP contribution in [0.1, 0.15) is 21.0 Å². The van der Waals surface area contributed by atoms with Crippen molar-refractivity contribution < 1.29 is 9.21 Å². The number of aromatic nitrogens is 1. The number of nitrogens with one attached hydrogen (secondary N) is 1. The van der Waals surface area contributed by atoms with Gasteiger partial charge in [0.25, 0.3) is 5.91 Å². The van der Waals surface area contributed by atoms with Crippen LogP contribution in [0.2, 0.25) is 0 Å². The first kappa shape index (κ1) is 13.6. The molecule has 21 heavy (non-hydrogen) atoms. The number of nitrogens with two attached hydrogens (primary N) is 1. The van der Waals surface area contributed by atoms with Crippen molar-refractivity contribution in [1.82, 2.24) is 10.3 Å². The maximum atomic E-state index is 12.2. The molecule has 0 atom stereocenters. The van der Waals surface area contributed by atoms with E-state index in [4.69, 9.17) is 10.2 Å². The summed E-state index contributed by atoms with van der Waals surface area (Å²) in [6, 6.07) is 5.60. The van der Waals surface area contributed by atoms with Crippen LogP contribution < -0.4 is 11.1 Å². The Morgan fingerprint density at radius 2 is 2.33 bits per heavy atom. The second kappa shape index (κ2) is 5.57. The molecule has 0 aliphatic heterocycles. The van der Waals surface area contributed by atoms with Crippen molar-refractivity contribution in [2.45, 2.75) is 13.3 Å². The van der Waals surface area contributed by atoms with Crippen molar-refractivity contribution in [2.24, 2.45) is 0 Å². The third-order valence-corrected chi connectivity index (χ3v) is 4.39. The number of hydrogen-bond donors (Lipinski definition) is 2. The topological polar surface area (TPSA) is 81.2 Å². The quantitative estimate of drug-likeness (QED) is 0.776. The smallest absolute Gasteiger partial charge is 0.263 e. The maximum Gasteiger partial charge on any atom is 0.263 e. The normalized spacial score (nSPS) is 10.9. The molecule has 0 spiro atoms. The van der Waals surface area contributed by atoms with Crippen LogP contribution in [0, 0.1) is 6.92 Å². The molecular formula is C15H15N3O2S. The summed E-state index contributed by atoms with van der Waals surface area (Å²) in [5, 5.41) is 3.74. The van der Waals surface area contributed by atoms with Crippen LogP contribution in [0.5, 0.6) is 0 Å². The van der Waals surface area contributed by atoms with Gasteiger partial charge in [-0.25, -0.2) is 4.98 Å². The van der Waals surface area contributed by atoms with E-state index < -0.39 is 0 Å². The van der Waals surface area contributed by atoms with Crippen molar-refractivity contribution >= 4 is 33.1 Å². The Morgan fingerprint density at radius 3 is 3.05 bits per heavy atom. The molecule has 0 saturated carbocycles. The van der Waals surface area contributed by atoms with Gasteiger partial charge in [-0.1, -0.05) is 0 Å². The molecule has 108 valence electrons. The molecule has 0 aliphatic rings. The summed E-state index contributed by atoms with van der Waals surface area (Å²) in [6.07, 6.45) is 4.00. The summed E-state index contributed by atoms with van der Waals surface area (Å²) in [6.45, 7) is 2.47. The number of aryl methyl sites for hydroxylation is 1. The summed E-state index contributed by atoms with van der Waals surface area (Å²) in [5.41, 5.74) is 7.64. The summed E-state index contributed by atoms with van der Waals surface area (Å²) < 4.78 is 5.23. The zero-order valence-electron chi connectivity index (χ0n) is 11.6. The standard InChI is InChI=1S/C15H15N3O2S/c1-9-4-6-18-15-11(9)12(16)13(21-15)14(19)17-7-5-10-3-2-8-20-10/h2-4,6,8H,5,7,16H2,1H3,(H,17,19). The molecule has 3 heterocycles. The van der Waals surface area contributed by atoms with Crippen LogP contribution in [0.3, 0.4) is 0 Å². The fourth-order valence-corrected chi connectivity index (χ4v) is 3.26. The molecule has 6 heteroatoms. The van der Waals surface area contributed by atoms with E-state index in [2.05, 4.69) is 10.3 Å². The number of hydrogen-bond acceptors (Lipinski definition) is 5. The van der Waals surface area contributed by atoms with Crippen molar-refractivity contribution in [3.05, 3.63) is 46.9 Å². The summed E-state index contributed by atoms with van der Waals surface area (Å²) in [5.74, 6) is 0.679. The fraction of sp³-hybridized carbons (Fsp3) is 0.200. The second-order valence-electron chi connectivity index (χ2n) is 4.74. The monoisotopic (exact) mass is 301 g/mol. The first-order chi connectivity index (χ1) is 10.2. The minimum atomic E-state index is -0.165. The zero-order chi connectivity index (χ0) is 14.8. The van der Waals surface area contributed by atoms with Gasteiger partial charge in [-0.2, -0.15) is 0 Å². The number of carbonyl (C=O) groups is 1. The predicted octanol–water partition coefficient (Wildman–Crippen LogP) is 2.75. The molecule has 3 aromatic rings. The molecule has 0 bridgehead atoms. The number of thiophene rings is 1. The number of rotatable bonds is 4. The van der Waals surface area contributed by atoms with Crippen LogP contribution in [0.25, 0.3) is 10.2 Å². The molecule has 0 aromatic carbocycles. The van der Waals surface area contributed by atoms with Crippen molar-refractivity contribution in [3.63, 3.8) is 0 Å². The van der Waals surface area contributed by atoms with Gasteiger partial charge in [-0.05, 0) is 30.7 Å². The van der Waals surface area contributed by atoms with Gasteiger partial charge >= 0.3 is 0 Å². The van der Waals surface area contributed by atoms with E-state index in [9.17, 15) is 4.79 Å². The number of nitrogen functional groups attached to an aromatic ring is 1. The highest BCUT2D eigenvalue weighted by atomic mass is 32.1. The number of pyridine rings is 1. The van der Waals surface area contributed by atoms with Crippen LogP contribution >= 0.6 is 11.3 Å². The van der Waals surface area contributed by atoms with Crippen LogP contribution in [-0.4, -0.2) is 17.4 Å². The Morgan fingerprint density at radius 1 is 1.48 bits per heavy atom. The van der Waals surface area contributed by atoms with Gasteiger partial charge in [-0.15, -0.1) is 11.3 Å². The predicted molar refractivity (Wildman–Crippen MR) is 83.5 cm³/mol. The minimum Gasteiger partial charge on any atom is -0.469 e. The lowest BCUT2D eigenvalue weighted by molar-refractivity contribution is 0.0958. The SMILES string of the molecule is Cc1ccnc2sc(C(=O)NCCc3ccco3)c(N)c12. The molecule has 3 N–H and O–H groups in total. The Bertz CT molecular complexity index is 778. The fourth-order valence-electron chi connectivity index (χ4n) is 2.21. The lowest BCUT2D eigenvalue weighted by atomic mass is 10.2. The van der Waals surface area contributed by atoms with E-state index >= 15 is 0 Å². The molecule has 0 saturated heterocycles. The zero-order valence-corrected chi connectivity index (χ0v) is 12.4. The summed E-state index contributed by atoms with van der Waals surface area (Å²) >= 11 is 1.32. The molecule has 1 amide bonds. The van der Waals surface area contributed by atoms with E-state index in [1.54, 1.807) is 12.5 Å². The molecular weight excluding hydrogens is 286 g/mol. The van der Waals surface area contributed by atoms with Crippen molar-refractivity contribution in [3.8, 4) is 0 Å². The molecule has 3 rings (SSSR count). The van der Waals surface area contributed by atoms with Gasteiger partial charge in [0, 0.05) is 24.5 Å². The van der Waals surface area contributed by atoms with E-state index in [1.807, 2.05) is 25.1 Å². The third-order valence-electron chi connectivity index (χ3n) is 3.28. The van der Waals surface area contributed by atoms with Gasteiger partial charge < -0.3 is 15.5 Å². The van der Waals surface area contributed by atoms with E-state index in [1.165, 1.54) is 11.3 Å². The Kier molecular flexibility index (Phi) is 3.62. The van der Waals surface area contributed by atoms with E-state index in [-0.39, 0.29) is 5.91 Å². The van der Waals surface area contributed by atoms with Crippen LogP contribution in [-0.2, 0) is 6.42 Å². The highest BCUT2D eigenvalue weighted by Gasteiger charge is 2.17.